The van der Waals surface area contributed by atoms with Gasteiger partial charge in [-0.1, -0.05) is 28.1 Å². The highest BCUT2D eigenvalue weighted by molar-refractivity contribution is 9.10. The summed E-state index contributed by atoms with van der Waals surface area (Å²) < 4.78 is 40.1. The molecule has 130 valence electrons. The Morgan fingerprint density at radius 3 is 2.64 bits per heavy atom. The molecule has 0 spiro atoms. The van der Waals surface area contributed by atoms with Crippen molar-refractivity contribution in [3.8, 4) is 0 Å². The van der Waals surface area contributed by atoms with E-state index in [1.54, 1.807) is 16.0 Å². The lowest BCUT2D eigenvalue weighted by atomic mass is 10.2. The van der Waals surface area contributed by atoms with Crippen LogP contribution in [0.3, 0.4) is 0 Å². The molecule has 2 heterocycles. The summed E-state index contributed by atoms with van der Waals surface area (Å²) in [7, 11) is 0. The Morgan fingerprint density at radius 2 is 2.00 bits per heavy atom. The van der Waals surface area contributed by atoms with Gasteiger partial charge in [-0.25, -0.2) is 0 Å². The van der Waals surface area contributed by atoms with E-state index in [-0.39, 0.29) is 5.69 Å². The molecule has 25 heavy (non-hydrogen) atoms. The van der Waals surface area contributed by atoms with Crippen molar-refractivity contribution in [3.63, 3.8) is 0 Å². The normalized spacial score (nSPS) is 11.5. The number of nitrogens with zero attached hydrogens (tertiary/aromatic N) is 3. The second kappa shape index (κ2) is 6.71. The summed E-state index contributed by atoms with van der Waals surface area (Å²) in [6, 6.07) is 8.30. The van der Waals surface area contributed by atoms with Gasteiger partial charge in [0.1, 0.15) is 5.69 Å². The van der Waals surface area contributed by atoms with Crippen LogP contribution in [0.2, 0.25) is 0 Å². The number of amides is 1. The van der Waals surface area contributed by atoms with Gasteiger partial charge in [-0.05, 0) is 17.7 Å². The fourth-order valence-corrected chi connectivity index (χ4v) is 2.33. The van der Waals surface area contributed by atoms with Crippen LogP contribution in [0.1, 0.15) is 21.7 Å². The molecule has 0 aliphatic rings. The monoisotopic (exact) mass is 413 g/mol. The molecule has 0 aliphatic heterocycles. The molecule has 0 fully saturated rings. The molecule has 0 radical (unpaired) electrons. The zero-order valence-corrected chi connectivity index (χ0v) is 14.1. The number of nitrogens with one attached hydrogen (secondary N) is 2. The minimum absolute atomic E-state index is 0.354. The van der Waals surface area contributed by atoms with E-state index in [1.807, 2.05) is 24.3 Å². The van der Waals surface area contributed by atoms with E-state index >= 15 is 0 Å². The van der Waals surface area contributed by atoms with Crippen molar-refractivity contribution >= 4 is 27.5 Å². The molecular formula is C15H11BrF3N5O. The topological polar surface area (TPSA) is 75.6 Å². The van der Waals surface area contributed by atoms with Crippen LogP contribution < -0.4 is 5.32 Å². The zero-order valence-electron chi connectivity index (χ0n) is 12.5. The Labute approximate surface area is 148 Å². The van der Waals surface area contributed by atoms with Gasteiger partial charge < -0.3 is 5.32 Å². The second-order valence-corrected chi connectivity index (χ2v) is 6.09. The third kappa shape index (κ3) is 4.27. The van der Waals surface area contributed by atoms with Crippen molar-refractivity contribution in [1.82, 2.24) is 20.0 Å². The summed E-state index contributed by atoms with van der Waals surface area (Å²) in [5, 5.41) is 11.7. The number of anilines is 1. The van der Waals surface area contributed by atoms with Gasteiger partial charge in [0, 0.05) is 16.7 Å². The molecule has 0 saturated heterocycles. The number of aromatic amines is 1. The minimum atomic E-state index is -4.58. The first kappa shape index (κ1) is 17.2. The largest absolute Gasteiger partial charge is 0.432 e. The lowest BCUT2D eigenvalue weighted by Crippen LogP contribution is -2.12. The predicted octanol–water partition coefficient (Wildman–Crippen LogP) is 3.69. The Bertz CT molecular complexity index is 885. The smallest absolute Gasteiger partial charge is 0.318 e. The highest BCUT2D eigenvalue weighted by atomic mass is 79.9. The molecule has 0 atom stereocenters. The van der Waals surface area contributed by atoms with E-state index in [0.717, 1.165) is 10.0 Å². The van der Waals surface area contributed by atoms with Crippen molar-refractivity contribution in [2.24, 2.45) is 0 Å². The third-order valence-corrected chi connectivity index (χ3v) is 3.79. The van der Waals surface area contributed by atoms with Crippen LogP contribution in [-0.4, -0.2) is 25.9 Å². The summed E-state index contributed by atoms with van der Waals surface area (Å²) in [5.74, 6) is -0.755. The van der Waals surface area contributed by atoms with Gasteiger partial charge in [0.25, 0.3) is 5.91 Å². The van der Waals surface area contributed by atoms with Crippen LogP contribution in [0.25, 0.3) is 0 Å². The molecule has 2 N–H and O–H groups in total. The maximum absolute atomic E-state index is 12.5. The standard InChI is InChI=1S/C15H11BrF3N5O/c16-10-3-1-9(2-4-10)7-24-8-11(6-20-24)21-14(25)12-5-13(23-22-12)15(17,18)19/h1-6,8H,7H2,(H,21,25)(H,22,23). The molecule has 3 aromatic rings. The van der Waals surface area contributed by atoms with Gasteiger partial charge >= 0.3 is 6.18 Å². The minimum Gasteiger partial charge on any atom is -0.318 e. The quantitative estimate of drug-likeness (QED) is 0.684. The first-order chi connectivity index (χ1) is 11.8. The fourth-order valence-electron chi connectivity index (χ4n) is 2.07. The van der Waals surface area contributed by atoms with Crippen molar-refractivity contribution < 1.29 is 18.0 Å². The third-order valence-electron chi connectivity index (χ3n) is 3.26. The van der Waals surface area contributed by atoms with Crippen molar-refractivity contribution in [2.45, 2.75) is 12.7 Å². The van der Waals surface area contributed by atoms with Crippen molar-refractivity contribution in [1.29, 1.82) is 0 Å². The van der Waals surface area contributed by atoms with Crippen molar-refractivity contribution in [2.75, 3.05) is 5.32 Å². The van der Waals surface area contributed by atoms with Gasteiger partial charge in [0.05, 0.1) is 18.4 Å². The van der Waals surface area contributed by atoms with Crippen LogP contribution >= 0.6 is 15.9 Å². The molecule has 0 unspecified atom stereocenters. The Kier molecular flexibility index (Phi) is 4.62. The molecule has 6 nitrogen and oxygen atoms in total. The van der Waals surface area contributed by atoms with Crippen LogP contribution in [0.15, 0.2) is 47.2 Å². The van der Waals surface area contributed by atoms with Crippen LogP contribution in [0.5, 0.6) is 0 Å². The number of carbonyl (C=O) groups excluding carboxylic acids is 1. The predicted molar refractivity (Wildman–Crippen MR) is 87.0 cm³/mol. The van der Waals surface area contributed by atoms with Gasteiger partial charge in [0.15, 0.2) is 5.69 Å². The van der Waals surface area contributed by atoms with Gasteiger partial charge in [-0.3, -0.25) is 14.6 Å². The molecule has 1 amide bonds. The molecule has 0 bridgehead atoms. The van der Waals surface area contributed by atoms with Crippen LogP contribution in [0, 0.1) is 0 Å². The molecule has 2 aromatic heterocycles. The highest BCUT2D eigenvalue weighted by Gasteiger charge is 2.33. The van der Waals surface area contributed by atoms with E-state index in [1.165, 1.54) is 6.20 Å². The van der Waals surface area contributed by atoms with Crippen molar-refractivity contribution in [3.05, 3.63) is 64.1 Å². The first-order valence-electron chi connectivity index (χ1n) is 7.02. The number of H-pyrrole nitrogens is 1. The summed E-state index contributed by atoms with van der Waals surface area (Å²) in [6.07, 6.45) is -1.59. The van der Waals surface area contributed by atoms with E-state index in [0.29, 0.717) is 18.3 Å². The van der Waals surface area contributed by atoms with Crippen LogP contribution in [0.4, 0.5) is 18.9 Å². The first-order valence-corrected chi connectivity index (χ1v) is 7.81. The lowest BCUT2D eigenvalue weighted by Gasteiger charge is -2.02. The Balaban J connectivity index is 1.65. The average molecular weight is 414 g/mol. The van der Waals surface area contributed by atoms with E-state index in [4.69, 9.17) is 0 Å². The SMILES string of the molecule is O=C(Nc1cnn(Cc2ccc(Br)cc2)c1)c1cc(C(F)(F)F)[nH]n1. The maximum Gasteiger partial charge on any atom is 0.432 e. The zero-order chi connectivity index (χ0) is 18.0. The van der Waals surface area contributed by atoms with E-state index in [2.05, 4.69) is 31.4 Å². The number of rotatable bonds is 4. The van der Waals surface area contributed by atoms with E-state index < -0.39 is 17.8 Å². The molecule has 1 aromatic carbocycles. The fraction of sp³-hybridized carbons (Fsp3) is 0.133. The summed E-state index contributed by atoms with van der Waals surface area (Å²) in [4.78, 5) is 12.0. The van der Waals surface area contributed by atoms with Gasteiger partial charge in [0.2, 0.25) is 0 Å². The Hall–Kier alpha value is -2.62. The average Bonchev–Trinajstić information content (AvgIpc) is 3.19. The van der Waals surface area contributed by atoms with Gasteiger partial charge in [-0.2, -0.15) is 23.4 Å². The number of hydrogen-bond donors (Lipinski definition) is 2. The summed E-state index contributed by atoms with van der Waals surface area (Å²) in [6.45, 7) is 0.490. The molecule has 10 heteroatoms. The van der Waals surface area contributed by atoms with Gasteiger partial charge in [-0.15, -0.1) is 0 Å². The molecule has 3 rings (SSSR count). The number of hydrogen-bond acceptors (Lipinski definition) is 3. The van der Waals surface area contributed by atoms with Crippen LogP contribution in [-0.2, 0) is 12.7 Å². The molecule has 0 aliphatic carbocycles. The molecule has 0 saturated carbocycles. The second-order valence-electron chi connectivity index (χ2n) is 5.17. The number of halogens is 4. The summed E-state index contributed by atoms with van der Waals surface area (Å²) in [5.41, 5.74) is -0.0680. The lowest BCUT2D eigenvalue weighted by molar-refractivity contribution is -0.141. The number of carbonyl (C=O) groups is 1. The Morgan fingerprint density at radius 1 is 1.28 bits per heavy atom. The summed E-state index contributed by atoms with van der Waals surface area (Å²) >= 11 is 3.35. The number of alkyl halides is 3. The van der Waals surface area contributed by atoms with E-state index in [9.17, 15) is 18.0 Å². The highest BCUT2D eigenvalue weighted by Crippen LogP contribution is 2.27. The molecular weight excluding hydrogens is 403 g/mol. The number of aromatic nitrogens is 4. The number of benzene rings is 1. The maximum atomic E-state index is 12.5.